The first kappa shape index (κ1) is 13.1. The molecule has 0 aliphatic heterocycles. The van der Waals surface area contributed by atoms with Gasteiger partial charge in [-0.2, -0.15) is 0 Å². The van der Waals surface area contributed by atoms with Crippen molar-refractivity contribution in [2.75, 3.05) is 6.61 Å². The lowest BCUT2D eigenvalue weighted by Gasteiger charge is -2.11. The van der Waals surface area contributed by atoms with E-state index in [4.69, 9.17) is 4.74 Å². The van der Waals surface area contributed by atoms with Crippen molar-refractivity contribution in [3.05, 3.63) is 35.9 Å². The molecule has 0 saturated heterocycles. The molecule has 0 bridgehead atoms. The number of rotatable bonds is 7. The highest BCUT2D eigenvalue weighted by atomic mass is 19.1. The van der Waals surface area contributed by atoms with Gasteiger partial charge in [-0.15, -0.1) is 0 Å². The summed E-state index contributed by atoms with van der Waals surface area (Å²) in [6.07, 6.45) is -0.879. The normalized spacial score (nSPS) is 14.7. The molecule has 0 heterocycles. The summed E-state index contributed by atoms with van der Waals surface area (Å²) >= 11 is 0. The van der Waals surface area contributed by atoms with Crippen molar-refractivity contribution in [2.24, 2.45) is 0 Å². The van der Waals surface area contributed by atoms with Gasteiger partial charge in [-0.05, 0) is 18.9 Å². The first-order valence-electron chi connectivity index (χ1n) is 5.62. The Morgan fingerprint density at radius 3 is 2.62 bits per heavy atom. The Labute approximate surface area is 96.1 Å². The standard InChI is InChI=1S/C13H19FO2/c1-11(14)9-13(15)7-8-16-10-12-5-3-2-4-6-12/h2-6,11,13,15H,7-10H2,1H3/t11-,13+/m1/s1. The van der Waals surface area contributed by atoms with Crippen molar-refractivity contribution in [1.29, 1.82) is 0 Å². The number of aliphatic hydroxyl groups excluding tert-OH is 1. The minimum atomic E-state index is -0.955. The predicted octanol–water partition coefficient (Wildman–Crippen LogP) is 2.70. The topological polar surface area (TPSA) is 29.5 Å². The largest absolute Gasteiger partial charge is 0.393 e. The van der Waals surface area contributed by atoms with Gasteiger partial charge in [0.15, 0.2) is 0 Å². The van der Waals surface area contributed by atoms with E-state index < -0.39 is 12.3 Å². The van der Waals surface area contributed by atoms with Crippen LogP contribution in [-0.4, -0.2) is 24.0 Å². The Hall–Kier alpha value is -0.930. The van der Waals surface area contributed by atoms with Gasteiger partial charge >= 0.3 is 0 Å². The van der Waals surface area contributed by atoms with Gasteiger partial charge in [-0.3, -0.25) is 0 Å². The van der Waals surface area contributed by atoms with Gasteiger partial charge in [0.1, 0.15) is 0 Å². The van der Waals surface area contributed by atoms with Crippen LogP contribution in [0, 0.1) is 0 Å². The van der Waals surface area contributed by atoms with Crippen molar-refractivity contribution < 1.29 is 14.2 Å². The Balaban J connectivity index is 2.08. The van der Waals surface area contributed by atoms with E-state index in [2.05, 4.69) is 0 Å². The van der Waals surface area contributed by atoms with Crippen molar-refractivity contribution in [3.63, 3.8) is 0 Å². The average molecular weight is 226 g/mol. The van der Waals surface area contributed by atoms with Crippen LogP contribution in [0.15, 0.2) is 30.3 Å². The van der Waals surface area contributed by atoms with Gasteiger partial charge < -0.3 is 9.84 Å². The van der Waals surface area contributed by atoms with E-state index in [0.29, 0.717) is 19.6 Å². The number of ether oxygens (including phenoxy) is 1. The Morgan fingerprint density at radius 2 is 2.00 bits per heavy atom. The van der Waals surface area contributed by atoms with Crippen molar-refractivity contribution in [3.8, 4) is 0 Å². The van der Waals surface area contributed by atoms with Crippen LogP contribution >= 0.6 is 0 Å². The predicted molar refractivity (Wildman–Crippen MR) is 61.9 cm³/mol. The summed E-state index contributed by atoms with van der Waals surface area (Å²) in [5, 5.41) is 9.40. The molecule has 3 heteroatoms. The second-order valence-corrected chi connectivity index (χ2v) is 4.00. The van der Waals surface area contributed by atoms with E-state index in [-0.39, 0.29) is 6.42 Å². The van der Waals surface area contributed by atoms with E-state index in [9.17, 15) is 9.50 Å². The molecule has 90 valence electrons. The summed E-state index contributed by atoms with van der Waals surface area (Å²) in [6.45, 7) is 2.45. The van der Waals surface area contributed by atoms with Gasteiger partial charge in [-0.1, -0.05) is 30.3 Å². The minimum Gasteiger partial charge on any atom is -0.393 e. The second-order valence-electron chi connectivity index (χ2n) is 4.00. The summed E-state index contributed by atoms with van der Waals surface area (Å²) in [5.41, 5.74) is 1.11. The fraction of sp³-hybridized carbons (Fsp3) is 0.538. The SMILES string of the molecule is C[C@@H](F)C[C@@H](O)CCOCc1ccccc1. The van der Waals surface area contributed by atoms with Gasteiger partial charge in [0.05, 0.1) is 18.9 Å². The molecule has 0 aliphatic rings. The molecule has 16 heavy (non-hydrogen) atoms. The molecule has 0 spiro atoms. The molecule has 1 rings (SSSR count). The van der Waals surface area contributed by atoms with E-state index >= 15 is 0 Å². The highest BCUT2D eigenvalue weighted by molar-refractivity contribution is 5.13. The summed E-state index contributed by atoms with van der Waals surface area (Å²) in [5.74, 6) is 0. The van der Waals surface area contributed by atoms with E-state index in [0.717, 1.165) is 5.56 Å². The molecular formula is C13H19FO2. The first-order chi connectivity index (χ1) is 7.68. The summed E-state index contributed by atoms with van der Waals surface area (Å²) in [6, 6.07) is 9.84. The van der Waals surface area contributed by atoms with E-state index in [1.54, 1.807) is 0 Å². The molecule has 0 aliphatic carbocycles. The van der Waals surface area contributed by atoms with Crippen LogP contribution in [0.2, 0.25) is 0 Å². The minimum absolute atomic E-state index is 0.189. The van der Waals surface area contributed by atoms with Crippen LogP contribution < -0.4 is 0 Å². The van der Waals surface area contributed by atoms with E-state index in [1.165, 1.54) is 6.92 Å². The molecular weight excluding hydrogens is 207 g/mol. The van der Waals surface area contributed by atoms with Gasteiger partial charge in [0, 0.05) is 13.0 Å². The van der Waals surface area contributed by atoms with Crippen LogP contribution in [-0.2, 0) is 11.3 Å². The van der Waals surface area contributed by atoms with Crippen LogP contribution in [0.5, 0.6) is 0 Å². The van der Waals surface area contributed by atoms with Gasteiger partial charge in [0.25, 0.3) is 0 Å². The third kappa shape index (κ3) is 5.83. The fourth-order valence-electron chi connectivity index (χ4n) is 1.48. The second kappa shape index (κ2) is 7.36. The lowest BCUT2D eigenvalue weighted by molar-refractivity contribution is 0.0601. The maximum Gasteiger partial charge on any atom is 0.0998 e. The molecule has 0 fully saturated rings. The Morgan fingerprint density at radius 1 is 1.31 bits per heavy atom. The Kier molecular flexibility index (Phi) is 6.04. The smallest absolute Gasteiger partial charge is 0.0998 e. The van der Waals surface area contributed by atoms with Crippen molar-refractivity contribution in [2.45, 2.75) is 38.6 Å². The molecule has 0 amide bonds. The van der Waals surface area contributed by atoms with Gasteiger partial charge in [-0.25, -0.2) is 4.39 Å². The zero-order valence-electron chi connectivity index (χ0n) is 9.60. The molecule has 2 nitrogen and oxygen atoms in total. The molecule has 2 atom stereocenters. The van der Waals surface area contributed by atoms with E-state index in [1.807, 2.05) is 30.3 Å². The zero-order valence-corrected chi connectivity index (χ0v) is 9.60. The van der Waals surface area contributed by atoms with Crippen LogP contribution in [0.4, 0.5) is 4.39 Å². The van der Waals surface area contributed by atoms with Crippen molar-refractivity contribution in [1.82, 2.24) is 0 Å². The quantitative estimate of drug-likeness (QED) is 0.724. The Bertz CT molecular complexity index is 275. The molecule has 0 unspecified atom stereocenters. The zero-order chi connectivity index (χ0) is 11.8. The van der Waals surface area contributed by atoms with Crippen molar-refractivity contribution >= 4 is 0 Å². The van der Waals surface area contributed by atoms with Crippen LogP contribution in [0.3, 0.4) is 0 Å². The lowest BCUT2D eigenvalue weighted by Crippen LogP contribution is -2.14. The first-order valence-corrected chi connectivity index (χ1v) is 5.62. The number of hydrogen-bond acceptors (Lipinski definition) is 2. The lowest BCUT2D eigenvalue weighted by atomic mass is 10.1. The highest BCUT2D eigenvalue weighted by Crippen LogP contribution is 2.06. The summed E-state index contributed by atoms with van der Waals surface area (Å²) in [7, 11) is 0. The third-order valence-electron chi connectivity index (χ3n) is 2.30. The third-order valence-corrected chi connectivity index (χ3v) is 2.30. The summed E-state index contributed by atoms with van der Waals surface area (Å²) in [4.78, 5) is 0. The fourth-order valence-corrected chi connectivity index (χ4v) is 1.48. The molecule has 0 radical (unpaired) electrons. The number of halogens is 1. The molecule has 0 aromatic heterocycles. The maximum absolute atomic E-state index is 12.5. The highest BCUT2D eigenvalue weighted by Gasteiger charge is 2.08. The number of aliphatic hydroxyl groups is 1. The number of alkyl halides is 1. The molecule has 0 saturated carbocycles. The van der Waals surface area contributed by atoms with Crippen LogP contribution in [0.25, 0.3) is 0 Å². The number of benzene rings is 1. The molecule has 1 N–H and O–H groups in total. The monoisotopic (exact) mass is 226 g/mol. The van der Waals surface area contributed by atoms with Crippen LogP contribution in [0.1, 0.15) is 25.3 Å². The molecule has 1 aromatic rings. The number of hydrogen-bond donors (Lipinski definition) is 1. The average Bonchev–Trinajstić information content (AvgIpc) is 2.25. The molecule has 1 aromatic carbocycles. The van der Waals surface area contributed by atoms with Gasteiger partial charge in [0.2, 0.25) is 0 Å². The maximum atomic E-state index is 12.5. The summed E-state index contributed by atoms with van der Waals surface area (Å²) < 4.78 is 17.9.